The van der Waals surface area contributed by atoms with Crippen LogP contribution in [0.25, 0.3) is 16.7 Å². The monoisotopic (exact) mass is 355 g/mol. The molecule has 0 unspecified atom stereocenters. The highest BCUT2D eigenvalue weighted by molar-refractivity contribution is 6.38. The molecule has 0 radical (unpaired) electrons. The highest BCUT2D eigenvalue weighted by atomic mass is 35.5. The molecule has 5 nitrogen and oxygen atoms in total. The fourth-order valence-electron chi connectivity index (χ4n) is 2.65. The first-order chi connectivity index (χ1) is 12.0. The van der Waals surface area contributed by atoms with Gasteiger partial charge in [0.05, 0.1) is 0 Å². The maximum absolute atomic E-state index is 11.4. The minimum absolute atomic E-state index is 0.350. The summed E-state index contributed by atoms with van der Waals surface area (Å²) in [5.41, 5.74) is 2.22. The van der Waals surface area contributed by atoms with Crippen LogP contribution in [-0.2, 0) is 16.1 Å². The Balaban J connectivity index is 2.11. The second kappa shape index (κ2) is 6.83. The number of fused-ring (bicyclic) bond motifs is 1. The number of halogens is 1. The standard InChI is InChI=1S/C19H14ClNO4/c20-13-6-7-16-14(8-13)15(17(22)9-18(23)19(24)25)11-21(16)10-12-4-2-1-3-5-12/h1-9,11,22H,10H2,(H,24,25). The lowest BCUT2D eigenvalue weighted by molar-refractivity contribution is -0.146. The predicted molar refractivity (Wildman–Crippen MR) is 95.7 cm³/mol. The van der Waals surface area contributed by atoms with Crippen LogP contribution in [0.15, 0.2) is 60.8 Å². The molecule has 2 aromatic carbocycles. The Morgan fingerprint density at radius 1 is 1.08 bits per heavy atom. The van der Waals surface area contributed by atoms with Crippen molar-refractivity contribution in [2.75, 3.05) is 0 Å². The quantitative estimate of drug-likeness (QED) is 0.413. The number of aliphatic carboxylic acids is 1. The molecule has 25 heavy (non-hydrogen) atoms. The molecule has 0 aliphatic carbocycles. The van der Waals surface area contributed by atoms with Gasteiger partial charge >= 0.3 is 5.97 Å². The van der Waals surface area contributed by atoms with Gasteiger partial charge < -0.3 is 14.8 Å². The number of ketones is 1. The molecule has 6 heteroatoms. The second-order valence-corrected chi connectivity index (χ2v) is 5.95. The molecule has 3 rings (SSSR count). The van der Waals surface area contributed by atoms with Crippen molar-refractivity contribution in [2.45, 2.75) is 6.54 Å². The van der Waals surface area contributed by atoms with Crippen molar-refractivity contribution in [3.05, 3.63) is 77.0 Å². The summed E-state index contributed by atoms with van der Waals surface area (Å²) < 4.78 is 1.91. The Bertz CT molecular complexity index is 989. The zero-order valence-electron chi connectivity index (χ0n) is 13.0. The molecule has 2 N–H and O–H groups in total. The largest absolute Gasteiger partial charge is 0.507 e. The van der Waals surface area contributed by atoms with E-state index in [2.05, 4.69) is 0 Å². The molecule has 0 atom stereocenters. The van der Waals surface area contributed by atoms with Crippen LogP contribution >= 0.6 is 11.6 Å². The number of aliphatic hydroxyl groups is 1. The Morgan fingerprint density at radius 2 is 1.80 bits per heavy atom. The van der Waals surface area contributed by atoms with Crippen molar-refractivity contribution < 1.29 is 19.8 Å². The van der Waals surface area contributed by atoms with E-state index >= 15 is 0 Å². The van der Waals surface area contributed by atoms with E-state index in [4.69, 9.17) is 16.7 Å². The Labute approximate surface area is 148 Å². The number of aliphatic hydroxyl groups excluding tert-OH is 1. The summed E-state index contributed by atoms with van der Waals surface area (Å²) in [5.74, 6) is -3.23. The number of carbonyl (C=O) groups is 2. The normalized spacial score (nSPS) is 11.6. The van der Waals surface area contributed by atoms with E-state index in [0.717, 1.165) is 11.1 Å². The molecule has 3 aromatic rings. The van der Waals surface area contributed by atoms with Crippen LogP contribution in [0, 0.1) is 0 Å². The summed E-state index contributed by atoms with van der Waals surface area (Å²) in [6.45, 7) is 0.555. The van der Waals surface area contributed by atoms with Crippen LogP contribution in [0.5, 0.6) is 0 Å². The van der Waals surface area contributed by atoms with E-state index in [1.165, 1.54) is 0 Å². The third-order valence-electron chi connectivity index (χ3n) is 3.79. The van der Waals surface area contributed by atoms with E-state index in [1.807, 2.05) is 41.0 Å². The zero-order valence-corrected chi connectivity index (χ0v) is 13.8. The number of benzene rings is 2. The van der Waals surface area contributed by atoms with E-state index in [1.54, 1.807) is 18.3 Å². The number of hydrogen-bond donors (Lipinski definition) is 2. The molecular weight excluding hydrogens is 342 g/mol. The van der Waals surface area contributed by atoms with Crippen LogP contribution in [-0.4, -0.2) is 26.5 Å². The molecular formula is C19H14ClNO4. The Kier molecular flexibility index (Phi) is 4.59. The molecule has 0 bridgehead atoms. The SMILES string of the molecule is O=C(O)C(=O)C=C(O)c1cn(Cc2ccccc2)c2ccc(Cl)cc12. The van der Waals surface area contributed by atoms with Crippen molar-refractivity contribution >= 4 is 40.0 Å². The maximum Gasteiger partial charge on any atom is 0.376 e. The van der Waals surface area contributed by atoms with Crippen molar-refractivity contribution in [2.24, 2.45) is 0 Å². The molecule has 0 fully saturated rings. The summed E-state index contributed by atoms with van der Waals surface area (Å²) >= 11 is 6.05. The van der Waals surface area contributed by atoms with Crippen molar-refractivity contribution in [1.82, 2.24) is 4.57 Å². The fourth-order valence-corrected chi connectivity index (χ4v) is 2.82. The lowest BCUT2D eigenvalue weighted by Crippen LogP contribution is -2.09. The first-order valence-electron chi connectivity index (χ1n) is 7.46. The molecule has 0 saturated carbocycles. The lowest BCUT2D eigenvalue weighted by atomic mass is 10.1. The summed E-state index contributed by atoms with van der Waals surface area (Å²) in [6.07, 6.45) is 2.37. The molecule has 0 aliphatic rings. The molecule has 0 saturated heterocycles. The maximum atomic E-state index is 11.4. The van der Waals surface area contributed by atoms with E-state index in [9.17, 15) is 14.7 Å². The first kappa shape index (κ1) is 16.8. The highest BCUT2D eigenvalue weighted by Crippen LogP contribution is 2.29. The molecule has 1 aromatic heterocycles. The van der Waals surface area contributed by atoms with Gasteiger partial charge in [-0.15, -0.1) is 0 Å². The summed E-state index contributed by atoms with van der Waals surface area (Å²) in [7, 11) is 0. The molecule has 0 spiro atoms. The lowest BCUT2D eigenvalue weighted by Gasteiger charge is -2.05. The Hall–Kier alpha value is -3.05. The molecule has 126 valence electrons. The predicted octanol–water partition coefficient (Wildman–Crippen LogP) is 3.90. The van der Waals surface area contributed by atoms with Gasteiger partial charge in [-0.05, 0) is 23.8 Å². The van der Waals surface area contributed by atoms with Crippen molar-refractivity contribution in [3.8, 4) is 0 Å². The first-order valence-corrected chi connectivity index (χ1v) is 7.84. The van der Waals surface area contributed by atoms with Gasteiger partial charge in [-0.2, -0.15) is 0 Å². The topological polar surface area (TPSA) is 79.5 Å². The third kappa shape index (κ3) is 3.56. The van der Waals surface area contributed by atoms with Crippen LogP contribution < -0.4 is 0 Å². The van der Waals surface area contributed by atoms with Crippen LogP contribution in [0.4, 0.5) is 0 Å². The van der Waals surface area contributed by atoms with Crippen molar-refractivity contribution in [1.29, 1.82) is 0 Å². The smallest absolute Gasteiger partial charge is 0.376 e. The van der Waals surface area contributed by atoms with Gasteiger partial charge in [-0.1, -0.05) is 41.9 Å². The average Bonchev–Trinajstić information content (AvgIpc) is 2.93. The van der Waals surface area contributed by atoms with E-state index < -0.39 is 17.5 Å². The van der Waals surface area contributed by atoms with Crippen molar-refractivity contribution in [3.63, 3.8) is 0 Å². The van der Waals surface area contributed by atoms with Gasteiger partial charge in [-0.3, -0.25) is 4.79 Å². The van der Waals surface area contributed by atoms with E-state index in [-0.39, 0.29) is 0 Å². The molecule has 1 heterocycles. The third-order valence-corrected chi connectivity index (χ3v) is 4.03. The summed E-state index contributed by atoms with van der Waals surface area (Å²) in [6, 6.07) is 15.0. The van der Waals surface area contributed by atoms with Gasteiger partial charge in [0.15, 0.2) is 0 Å². The van der Waals surface area contributed by atoms with Crippen LogP contribution in [0.1, 0.15) is 11.1 Å². The summed E-state index contributed by atoms with van der Waals surface area (Å²) in [5, 5.41) is 20.0. The number of rotatable bonds is 5. The minimum Gasteiger partial charge on any atom is -0.507 e. The van der Waals surface area contributed by atoms with E-state index in [0.29, 0.717) is 28.6 Å². The van der Waals surface area contributed by atoms with Gasteiger partial charge in [0, 0.05) is 40.3 Å². The number of carboxylic acids is 1. The van der Waals surface area contributed by atoms with Gasteiger partial charge in [0.1, 0.15) is 5.76 Å². The number of aromatic nitrogens is 1. The Morgan fingerprint density at radius 3 is 2.48 bits per heavy atom. The fraction of sp³-hybridized carbons (Fsp3) is 0.0526. The average molecular weight is 356 g/mol. The number of carbonyl (C=O) groups excluding carboxylic acids is 1. The second-order valence-electron chi connectivity index (χ2n) is 5.52. The number of nitrogens with zero attached hydrogens (tertiary/aromatic N) is 1. The highest BCUT2D eigenvalue weighted by Gasteiger charge is 2.16. The van der Waals surface area contributed by atoms with Crippen LogP contribution in [0.2, 0.25) is 5.02 Å². The number of carboxylic acid groups (broad SMARTS) is 1. The summed E-state index contributed by atoms with van der Waals surface area (Å²) in [4.78, 5) is 22.1. The van der Waals surface area contributed by atoms with Gasteiger partial charge in [0.25, 0.3) is 5.78 Å². The van der Waals surface area contributed by atoms with Gasteiger partial charge in [0.2, 0.25) is 0 Å². The minimum atomic E-state index is -1.63. The molecule has 0 aliphatic heterocycles. The van der Waals surface area contributed by atoms with Gasteiger partial charge in [-0.25, -0.2) is 4.79 Å². The zero-order chi connectivity index (χ0) is 18.0. The number of hydrogen-bond acceptors (Lipinski definition) is 3. The molecule has 0 amide bonds. The van der Waals surface area contributed by atoms with Crippen LogP contribution in [0.3, 0.4) is 0 Å².